The molecule has 0 bridgehead atoms. The first-order valence-electron chi connectivity index (χ1n) is 10.4. The highest BCUT2D eigenvalue weighted by atomic mass is 35.5. The maximum Gasteiger partial charge on any atom is 0.433 e. The Morgan fingerprint density at radius 3 is 2.63 bits per heavy atom. The molecule has 3 aromatic rings. The molecule has 0 atom stereocenters. The van der Waals surface area contributed by atoms with Gasteiger partial charge in [-0.05, 0) is 44.0 Å². The molecule has 186 valence electrons. The van der Waals surface area contributed by atoms with Crippen LogP contribution in [-0.4, -0.2) is 33.2 Å². The summed E-state index contributed by atoms with van der Waals surface area (Å²) in [6.07, 6.45) is -2.47. The van der Waals surface area contributed by atoms with E-state index in [0.29, 0.717) is 18.7 Å². The van der Waals surface area contributed by atoms with Crippen molar-refractivity contribution in [3.05, 3.63) is 64.8 Å². The Hall–Kier alpha value is -3.41. The summed E-state index contributed by atoms with van der Waals surface area (Å²) < 4.78 is 67.1. The van der Waals surface area contributed by atoms with Crippen molar-refractivity contribution in [1.29, 1.82) is 0 Å². The lowest BCUT2D eigenvalue weighted by Crippen LogP contribution is -2.55. The Labute approximate surface area is 201 Å². The summed E-state index contributed by atoms with van der Waals surface area (Å²) in [4.78, 5) is 19.8. The standard InChI is InChI=1S/C22H19ClF4N4O4/c1-21(30-19(32)11-34-13-2-4-15(23)16(24)6-13)7-12(8-21)20-29-18(31-35-20)10-33-14-3-5-17(28-9-14)22(25,26)27/h2-6,9,12H,7-8,10-11H2,1H3,(H,30,32). The second kappa shape index (κ2) is 9.68. The van der Waals surface area contributed by atoms with Crippen LogP contribution in [0, 0.1) is 5.82 Å². The third-order valence-corrected chi connectivity index (χ3v) is 5.63. The smallest absolute Gasteiger partial charge is 0.433 e. The molecule has 0 radical (unpaired) electrons. The van der Waals surface area contributed by atoms with Gasteiger partial charge < -0.3 is 19.3 Å². The van der Waals surface area contributed by atoms with Gasteiger partial charge in [0.15, 0.2) is 13.2 Å². The number of rotatable bonds is 8. The van der Waals surface area contributed by atoms with E-state index in [1.54, 1.807) is 0 Å². The lowest BCUT2D eigenvalue weighted by atomic mass is 9.69. The highest BCUT2D eigenvalue weighted by molar-refractivity contribution is 6.30. The van der Waals surface area contributed by atoms with E-state index in [1.165, 1.54) is 12.1 Å². The van der Waals surface area contributed by atoms with E-state index in [0.717, 1.165) is 24.4 Å². The number of nitrogens with zero attached hydrogens (tertiary/aromatic N) is 3. The Morgan fingerprint density at radius 1 is 1.23 bits per heavy atom. The van der Waals surface area contributed by atoms with Crippen LogP contribution < -0.4 is 14.8 Å². The number of benzene rings is 1. The van der Waals surface area contributed by atoms with Gasteiger partial charge in [-0.15, -0.1) is 0 Å². The predicted octanol–water partition coefficient (Wildman–Crippen LogP) is 4.69. The number of hydrogen-bond acceptors (Lipinski definition) is 7. The van der Waals surface area contributed by atoms with Crippen molar-refractivity contribution in [2.45, 2.75) is 44.0 Å². The molecule has 1 aliphatic rings. The van der Waals surface area contributed by atoms with Crippen LogP contribution in [-0.2, 0) is 17.6 Å². The Morgan fingerprint density at radius 2 is 1.97 bits per heavy atom. The minimum Gasteiger partial charge on any atom is -0.484 e. The van der Waals surface area contributed by atoms with E-state index < -0.39 is 23.2 Å². The molecule has 35 heavy (non-hydrogen) atoms. The van der Waals surface area contributed by atoms with E-state index in [-0.39, 0.29) is 47.4 Å². The number of ether oxygens (including phenoxy) is 2. The van der Waals surface area contributed by atoms with Gasteiger partial charge in [0.05, 0.1) is 11.2 Å². The summed E-state index contributed by atoms with van der Waals surface area (Å²) >= 11 is 5.62. The molecule has 0 saturated heterocycles. The molecule has 8 nitrogen and oxygen atoms in total. The maximum atomic E-state index is 13.5. The van der Waals surface area contributed by atoms with Crippen molar-refractivity contribution in [2.24, 2.45) is 0 Å². The maximum absolute atomic E-state index is 13.5. The van der Waals surface area contributed by atoms with Gasteiger partial charge >= 0.3 is 6.18 Å². The third-order valence-electron chi connectivity index (χ3n) is 5.32. The highest BCUT2D eigenvalue weighted by Gasteiger charge is 2.44. The van der Waals surface area contributed by atoms with E-state index in [2.05, 4.69) is 20.4 Å². The zero-order valence-corrected chi connectivity index (χ0v) is 19.0. The minimum absolute atomic E-state index is 0.0397. The molecule has 2 aromatic heterocycles. The van der Waals surface area contributed by atoms with Crippen LogP contribution in [0.1, 0.15) is 43.1 Å². The quantitative estimate of drug-likeness (QED) is 0.435. The fourth-order valence-corrected chi connectivity index (χ4v) is 3.78. The van der Waals surface area contributed by atoms with Crippen molar-refractivity contribution in [1.82, 2.24) is 20.4 Å². The Balaban J connectivity index is 1.22. The predicted molar refractivity (Wildman–Crippen MR) is 113 cm³/mol. The second-order valence-corrected chi connectivity index (χ2v) is 8.70. The normalized spacial score (nSPS) is 19.7. The number of carbonyl (C=O) groups is 1. The molecular formula is C22H19ClF4N4O4. The monoisotopic (exact) mass is 514 g/mol. The van der Waals surface area contributed by atoms with Crippen molar-refractivity contribution < 1.29 is 36.4 Å². The third kappa shape index (κ3) is 6.18. The molecule has 2 heterocycles. The van der Waals surface area contributed by atoms with Crippen LogP contribution in [0.25, 0.3) is 0 Å². The molecule has 1 aromatic carbocycles. The number of alkyl halides is 3. The number of aromatic nitrogens is 3. The lowest BCUT2D eigenvalue weighted by Gasteiger charge is -2.44. The Kier molecular flexibility index (Phi) is 6.84. The average molecular weight is 515 g/mol. The Bertz CT molecular complexity index is 1200. The molecule has 1 saturated carbocycles. The molecule has 1 amide bonds. The summed E-state index contributed by atoms with van der Waals surface area (Å²) in [6, 6.07) is 5.88. The highest BCUT2D eigenvalue weighted by Crippen LogP contribution is 2.43. The van der Waals surface area contributed by atoms with E-state index >= 15 is 0 Å². The second-order valence-electron chi connectivity index (χ2n) is 8.29. The van der Waals surface area contributed by atoms with Gasteiger partial charge in [-0.25, -0.2) is 9.37 Å². The summed E-state index contributed by atoms with van der Waals surface area (Å²) in [6.45, 7) is 1.46. The summed E-state index contributed by atoms with van der Waals surface area (Å²) in [7, 11) is 0. The summed E-state index contributed by atoms with van der Waals surface area (Å²) in [5.41, 5.74) is -1.52. The van der Waals surface area contributed by atoms with E-state index in [9.17, 15) is 22.4 Å². The number of carbonyl (C=O) groups excluding carboxylic acids is 1. The number of nitrogens with one attached hydrogen (secondary N) is 1. The fourth-order valence-electron chi connectivity index (χ4n) is 3.67. The van der Waals surface area contributed by atoms with Gasteiger partial charge in [0.2, 0.25) is 11.7 Å². The first-order valence-corrected chi connectivity index (χ1v) is 10.8. The molecule has 1 fully saturated rings. The SMILES string of the molecule is CC1(NC(=O)COc2ccc(Cl)c(F)c2)CC(c2nc(COc3ccc(C(F)(F)F)nc3)no2)C1. The molecule has 0 unspecified atom stereocenters. The molecule has 1 N–H and O–H groups in total. The first kappa shape index (κ1) is 24.7. The van der Waals surface area contributed by atoms with Crippen LogP contribution in [0.5, 0.6) is 11.5 Å². The molecule has 1 aliphatic carbocycles. The molecule has 0 aliphatic heterocycles. The van der Waals surface area contributed by atoms with Gasteiger partial charge in [-0.1, -0.05) is 16.8 Å². The summed E-state index contributed by atoms with van der Waals surface area (Å²) in [5.74, 6) is -0.182. The number of pyridine rings is 1. The van der Waals surface area contributed by atoms with E-state index in [1.807, 2.05) is 6.92 Å². The fraction of sp³-hybridized carbons (Fsp3) is 0.364. The van der Waals surface area contributed by atoms with Gasteiger partial charge in [0, 0.05) is 17.5 Å². The van der Waals surface area contributed by atoms with Gasteiger partial charge in [-0.2, -0.15) is 18.2 Å². The van der Waals surface area contributed by atoms with E-state index in [4.69, 9.17) is 25.6 Å². The summed E-state index contributed by atoms with van der Waals surface area (Å²) in [5, 5.41) is 6.65. The van der Waals surface area contributed by atoms with Crippen LogP contribution >= 0.6 is 11.6 Å². The minimum atomic E-state index is -4.53. The number of amides is 1. The number of halogens is 5. The van der Waals surface area contributed by atoms with Gasteiger partial charge in [0.1, 0.15) is 23.0 Å². The molecule has 0 spiro atoms. The molecule has 4 rings (SSSR count). The zero-order valence-electron chi connectivity index (χ0n) is 18.2. The molecule has 13 heteroatoms. The number of hydrogen-bond donors (Lipinski definition) is 1. The van der Waals surface area contributed by atoms with Crippen molar-refractivity contribution >= 4 is 17.5 Å². The molecular weight excluding hydrogens is 496 g/mol. The lowest BCUT2D eigenvalue weighted by molar-refractivity contribution is -0.141. The van der Waals surface area contributed by atoms with Crippen LogP contribution in [0.2, 0.25) is 5.02 Å². The van der Waals surface area contributed by atoms with Crippen LogP contribution in [0.4, 0.5) is 17.6 Å². The average Bonchev–Trinajstić information content (AvgIpc) is 3.25. The van der Waals surface area contributed by atoms with Crippen LogP contribution in [0.15, 0.2) is 41.1 Å². The largest absolute Gasteiger partial charge is 0.484 e. The van der Waals surface area contributed by atoms with Gasteiger partial charge in [-0.3, -0.25) is 4.79 Å². The van der Waals surface area contributed by atoms with Crippen LogP contribution in [0.3, 0.4) is 0 Å². The first-order chi connectivity index (χ1) is 16.5. The van der Waals surface area contributed by atoms with Crippen molar-refractivity contribution in [2.75, 3.05) is 6.61 Å². The van der Waals surface area contributed by atoms with Gasteiger partial charge in [0.25, 0.3) is 5.91 Å². The van der Waals surface area contributed by atoms with Crippen molar-refractivity contribution in [3.8, 4) is 11.5 Å². The van der Waals surface area contributed by atoms with Crippen molar-refractivity contribution in [3.63, 3.8) is 0 Å². The zero-order chi connectivity index (χ0) is 25.2. The topological polar surface area (TPSA) is 99.4 Å².